The second-order valence-corrected chi connectivity index (χ2v) is 5.55. The molecule has 1 atom stereocenters. The van der Waals surface area contributed by atoms with Crippen LogP contribution < -0.4 is 5.32 Å². The van der Waals surface area contributed by atoms with Gasteiger partial charge in [0.2, 0.25) is 0 Å². The summed E-state index contributed by atoms with van der Waals surface area (Å²) in [5.41, 5.74) is 3.44. The highest BCUT2D eigenvalue weighted by molar-refractivity contribution is 5.35. The normalized spacial score (nSPS) is 12.5. The first-order valence-corrected chi connectivity index (χ1v) is 7.54. The molecular formula is C18H21N3O. The predicted octanol–water partition coefficient (Wildman–Crippen LogP) is 3.93. The van der Waals surface area contributed by atoms with Crippen molar-refractivity contribution in [1.29, 1.82) is 0 Å². The molecule has 0 aliphatic rings. The first-order chi connectivity index (χ1) is 10.6. The average Bonchev–Trinajstić information content (AvgIpc) is 3.12. The zero-order chi connectivity index (χ0) is 15.5. The fraction of sp³-hybridized carbons (Fsp3) is 0.278. The minimum absolute atomic E-state index is 0.211. The summed E-state index contributed by atoms with van der Waals surface area (Å²) in [5, 5.41) is 8.01. The molecular weight excluding hydrogens is 274 g/mol. The summed E-state index contributed by atoms with van der Waals surface area (Å²) in [7, 11) is 0. The lowest BCUT2D eigenvalue weighted by molar-refractivity contribution is 0.443. The Morgan fingerprint density at radius 3 is 2.59 bits per heavy atom. The summed E-state index contributed by atoms with van der Waals surface area (Å²) >= 11 is 0. The summed E-state index contributed by atoms with van der Waals surface area (Å²) < 4.78 is 7.57. The first-order valence-electron chi connectivity index (χ1n) is 7.54. The predicted molar refractivity (Wildman–Crippen MR) is 87.0 cm³/mol. The number of hydrogen-bond donors (Lipinski definition) is 1. The van der Waals surface area contributed by atoms with Crippen molar-refractivity contribution in [3.63, 3.8) is 0 Å². The van der Waals surface area contributed by atoms with E-state index in [0.29, 0.717) is 6.54 Å². The monoisotopic (exact) mass is 295 g/mol. The molecule has 4 heteroatoms. The van der Waals surface area contributed by atoms with E-state index < -0.39 is 0 Å². The van der Waals surface area contributed by atoms with Crippen molar-refractivity contribution in [2.24, 2.45) is 0 Å². The molecule has 22 heavy (non-hydrogen) atoms. The van der Waals surface area contributed by atoms with E-state index in [1.54, 1.807) is 0 Å². The first kappa shape index (κ1) is 14.6. The Balaban J connectivity index is 1.73. The van der Waals surface area contributed by atoms with E-state index in [9.17, 15) is 0 Å². The van der Waals surface area contributed by atoms with Gasteiger partial charge in [0.25, 0.3) is 0 Å². The van der Waals surface area contributed by atoms with Gasteiger partial charge in [0.15, 0.2) is 0 Å². The number of furan rings is 1. The van der Waals surface area contributed by atoms with E-state index in [0.717, 1.165) is 22.9 Å². The van der Waals surface area contributed by atoms with Crippen LogP contribution in [0.25, 0.3) is 5.69 Å². The van der Waals surface area contributed by atoms with Crippen molar-refractivity contribution in [3.8, 4) is 5.69 Å². The molecule has 3 aromatic rings. The van der Waals surface area contributed by atoms with Crippen molar-refractivity contribution in [1.82, 2.24) is 15.1 Å². The molecule has 3 rings (SSSR count). The Labute approximate surface area is 130 Å². The fourth-order valence-corrected chi connectivity index (χ4v) is 2.62. The van der Waals surface area contributed by atoms with Crippen LogP contribution in [0.4, 0.5) is 0 Å². The van der Waals surface area contributed by atoms with Crippen LogP contribution in [0.1, 0.15) is 35.7 Å². The Kier molecular flexibility index (Phi) is 4.11. The molecule has 0 amide bonds. The van der Waals surface area contributed by atoms with Gasteiger partial charge in [0.1, 0.15) is 11.5 Å². The summed E-state index contributed by atoms with van der Waals surface area (Å²) in [4.78, 5) is 0. The summed E-state index contributed by atoms with van der Waals surface area (Å²) in [6, 6.07) is 14.4. The second-order valence-electron chi connectivity index (χ2n) is 5.55. The van der Waals surface area contributed by atoms with Crippen molar-refractivity contribution >= 4 is 0 Å². The largest absolute Gasteiger partial charge is 0.465 e. The van der Waals surface area contributed by atoms with Crippen LogP contribution in [0.2, 0.25) is 0 Å². The highest BCUT2D eigenvalue weighted by atomic mass is 16.3. The van der Waals surface area contributed by atoms with Crippen LogP contribution in [0.3, 0.4) is 0 Å². The zero-order valence-corrected chi connectivity index (χ0v) is 13.2. The van der Waals surface area contributed by atoms with E-state index in [2.05, 4.69) is 36.4 Å². The lowest BCUT2D eigenvalue weighted by Crippen LogP contribution is -2.18. The SMILES string of the molecule is Cc1ccc(CNC(C)c2cnn(-c3ccccc3)c2C)o1. The maximum Gasteiger partial charge on any atom is 0.117 e. The summed E-state index contributed by atoms with van der Waals surface area (Å²) in [5.74, 6) is 1.90. The average molecular weight is 295 g/mol. The molecule has 0 fully saturated rings. The third-order valence-electron chi connectivity index (χ3n) is 3.89. The highest BCUT2D eigenvalue weighted by Gasteiger charge is 2.14. The molecule has 0 saturated heterocycles. The van der Waals surface area contributed by atoms with Crippen molar-refractivity contribution in [3.05, 3.63) is 71.4 Å². The molecule has 2 heterocycles. The van der Waals surface area contributed by atoms with E-state index >= 15 is 0 Å². The molecule has 114 valence electrons. The van der Waals surface area contributed by atoms with Gasteiger partial charge in [-0.2, -0.15) is 5.10 Å². The molecule has 1 unspecified atom stereocenters. The van der Waals surface area contributed by atoms with Crippen LogP contribution in [0, 0.1) is 13.8 Å². The second kappa shape index (κ2) is 6.20. The van der Waals surface area contributed by atoms with Gasteiger partial charge in [-0.1, -0.05) is 18.2 Å². The molecule has 4 nitrogen and oxygen atoms in total. The van der Waals surface area contributed by atoms with Gasteiger partial charge in [0, 0.05) is 17.3 Å². The Hall–Kier alpha value is -2.33. The Bertz CT molecular complexity index is 743. The van der Waals surface area contributed by atoms with Gasteiger partial charge in [-0.05, 0) is 45.0 Å². The maximum atomic E-state index is 5.59. The van der Waals surface area contributed by atoms with Gasteiger partial charge < -0.3 is 9.73 Å². The minimum Gasteiger partial charge on any atom is -0.465 e. The van der Waals surface area contributed by atoms with E-state index in [1.165, 1.54) is 5.56 Å². The van der Waals surface area contributed by atoms with E-state index in [1.807, 2.05) is 48.1 Å². The van der Waals surface area contributed by atoms with Crippen molar-refractivity contribution < 1.29 is 4.42 Å². The van der Waals surface area contributed by atoms with Gasteiger partial charge in [0.05, 0.1) is 18.4 Å². The van der Waals surface area contributed by atoms with Crippen LogP contribution in [0.15, 0.2) is 53.1 Å². The Morgan fingerprint density at radius 2 is 1.91 bits per heavy atom. The highest BCUT2D eigenvalue weighted by Crippen LogP contribution is 2.20. The van der Waals surface area contributed by atoms with Gasteiger partial charge in [-0.3, -0.25) is 0 Å². The Morgan fingerprint density at radius 1 is 1.14 bits per heavy atom. The molecule has 0 spiro atoms. The number of aryl methyl sites for hydroxylation is 1. The number of nitrogens with zero attached hydrogens (tertiary/aromatic N) is 2. The van der Waals surface area contributed by atoms with Crippen LogP contribution >= 0.6 is 0 Å². The molecule has 1 N–H and O–H groups in total. The lowest BCUT2D eigenvalue weighted by atomic mass is 10.1. The summed E-state index contributed by atoms with van der Waals surface area (Å²) in [6.45, 7) is 6.92. The number of aromatic nitrogens is 2. The molecule has 0 radical (unpaired) electrons. The van der Waals surface area contributed by atoms with Gasteiger partial charge in [-0.25, -0.2) is 4.68 Å². The number of benzene rings is 1. The minimum atomic E-state index is 0.211. The topological polar surface area (TPSA) is 43.0 Å². The maximum absolute atomic E-state index is 5.59. The zero-order valence-electron chi connectivity index (χ0n) is 13.2. The number of para-hydroxylation sites is 1. The van der Waals surface area contributed by atoms with Crippen LogP contribution in [-0.4, -0.2) is 9.78 Å². The van der Waals surface area contributed by atoms with Crippen molar-refractivity contribution in [2.75, 3.05) is 0 Å². The fourth-order valence-electron chi connectivity index (χ4n) is 2.62. The van der Waals surface area contributed by atoms with Gasteiger partial charge >= 0.3 is 0 Å². The number of nitrogens with one attached hydrogen (secondary N) is 1. The van der Waals surface area contributed by atoms with Crippen LogP contribution in [0.5, 0.6) is 0 Å². The van der Waals surface area contributed by atoms with Crippen LogP contribution in [-0.2, 0) is 6.54 Å². The smallest absolute Gasteiger partial charge is 0.117 e. The number of hydrogen-bond acceptors (Lipinski definition) is 3. The van der Waals surface area contributed by atoms with E-state index in [-0.39, 0.29) is 6.04 Å². The van der Waals surface area contributed by atoms with E-state index in [4.69, 9.17) is 4.42 Å². The summed E-state index contributed by atoms with van der Waals surface area (Å²) in [6.07, 6.45) is 1.94. The third-order valence-corrected chi connectivity index (χ3v) is 3.89. The standard InChI is InChI=1S/C18H21N3O/c1-13-9-10-17(22-13)11-19-14(2)18-12-20-21(15(18)3)16-7-5-4-6-8-16/h4-10,12,14,19H,11H2,1-3H3. The third kappa shape index (κ3) is 2.97. The number of rotatable bonds is 5. The lowest BCUT2D eigenvalue weighted by Gasteiger charge is -2.13. The van der Waals surface area contributed by atoms with Gasteiger partial charge in [-0.15, -0.1) is 0 Å². The molecule has 0 bridgehead atoms. The molecule has 2 aromatic heterocycles. The van der Waals surface area contributed by atoms with Crippen molar-refractivity contribution in [2.45, 2.75) is 33.4 Å². The molecule has 0 aliphatic heterocycles. The molecule has 1 aromatic carbocycles. The quantitative estimate of drug-likeness (QED) is 0.775. The molecule has 0 saturated carbocycles. The molecule has 0 aliphatic carbocycles.